The van der Waals surface area contributed by atoms with E-state index in [0.29, 0.717) is 0 Å². The maximum atomic E-state index is 11.3. The second-order valence-electron chi connectivity index (χ2n) is 3.60. The smallest absolute Gasteiger partial charge is 0.236 e. The highest BCUT2D eigenvalue weighted by Crippen LogP contribution is 2.27. The molecular weight excluding hydrogens is 214 g/mol. The van der Waals surface area contributed by atoms with Crippen molar-refractivity contribution in [3.63, 3.8) is 0 Å². The lowest BCUT2D eigenvalue weighted by molar-refractivity contribution is 0.0794. The van der Waals surface area contributed by atoms with Crippen LogP contribution in [0.5, 0.6) is 0 Å². The van der Waals surface area contributed by atoms with E-state index in [1.54, 1.807) is 0 Å². The third-order valence-corrected chi connectivity index (χ3v) is 3.92. The van der Waals surface area contributed by atoms with Crippen LogP contribution in [0.15, 0.2) is 30.3 Å². The number of hydrogen-bond donors (Lipinski definition) is 1. The molecule has 0 spiro atoms. The zero-order valence-electron chi connectivity index (χ0n) is 8.22. The maximum Gasteiger partial charge on any atom is 0.236 e. The van der Waals surface area contributed by atoms with E-state index in [0.717, 1.165) is 18.4 Å². The van der Waals surface area contributed by atoms with Crippen molar-refractivity contribution in [2.75, 3.05) is 0 Å². The molecule has 2 rings (SSSR count). The summed E-state index contributed by atoms with van der Waals surface area (Å²) in [6.07, 6.45) is 1.48. The summed E-state index contributed by atoms with van der Waals surface area (Å²) in [6.45, 7) is 0.257. The van der Waals surface area contributed by atoms with Gasteiger partial charge in [0.2, 0.25) is 10.0 Å². The Balaban J connectivity index is 1.80. The van der Waals surface area contributed by atoms with Crippen LogP contribution >= 0.6 is 0 Å². The number of hydrogen-bond acceptors (Lipinski definition) is 3. The van der Waals surface area contributed by atoms with Crippen LogP contribution in [0, 0.1) is 0 Å². The van der Waals surface area contributed by atoms with Gasteiger partial charge in [-0.2, -0.15) is 0 Å². The molecule has 1 fully saturated rings. The lowest BCUT2D eigenvalue weighted by Crippen LogP contribution is -2.27. The lowest BCUT2D eigenvalue weighted by Gasteiger charge is -2.05. The van der Waals surface area contributed by atoms with E-state index in [1.807, 2.05) is 30.3 Å². The van der Waals surface area contributed by atoms with Gasteiger partial charge >= 0.3 is 0 Å². The molecule has 0 saturated heterocycles. The summed E-state index contributed by atoms with van der Waals surface area (Å²) < 4.78 is 22.7. The van der Waals surface area contributed by atoms with Crippen LogP contribution in [-0.4, -0.2) is 13.7 Å². The maximum absolute atomic E-state index is 11.3. The summed E-state index contributed by atoms with van der Waals surface area (Å²) in [5.74, 6) is 0. The summed E-state index contributed by atoms with van der Waals surface area (Å²) in [5, 5.41) is -0.242. The first-order valence-electron chi connectivity index (χ1n) is 4.85. The molecule has 0 aliphatic heterocycles. The molecule has 1 aliphatic rings. The summed E-state index contributed by atoms with van der Waals surface area (Å²) in [5.41, 5.74) is 0.941. The van der Waals surface area contributed by atoms with Crippen molar-refractivity contribution in [1.29, 1.82) is 0 Å². The first-order chi connectivity index (χ1) is 7.18. The Hall–Kier alpha value is -0.910. The minimum Gasteiger partial charge on any atom is -0.282 e. The SMILES string of the molecule is O=S(=O)(NOCc1ccccc1)C1CC1. The molecule has 0 aromatic heterocycles. The molecule has 1 saturated carbocycles. The van der Waals surface area contributed by atoms with Gasteiger partial charge in [-0.3, -0.25) is 4.84 Å². The van der Waals surface area contributed by atoms with Crippen LogP contribution in [0.25, 0.3) is 0 Å². The monoisotopic (exact) mass is 227 g/mol. The van der Waals surface area contributed by atoms with Gasteiger partial charge in [-0.15, -0.1) is 0 Å². The second kappa shape index (κ2) is 4.30. The predicted molar refractivity (Wildman–Crippen MR) is 56.3 cm³/mol. The minimum absolute atomic E-state index is 0.242. The van der Waals surface area contributed by atoms with Crippen molar-refractivity contribution >= 4 is 10.0 Å². The van der Waals surface area contributed by atoms with E-state index in [9.17, 15) is 8.42 Å². The van der Waals surface area contributed by atoms with Gasteiger partial charge in [-0.05, 0) is 18.4 Å². The van der Waals surface area contributed by atoms with Crippen molar-refractivity contribution in [2.45, 2.75) is 24.7 Å². The zero-order valence-corrected chi connectivity index (χ0v) is 9.03. The first kappa shape index (κ1) is 10.6. The summed E-state index contributed by atoms with van der Waals surface area (Å²) in [4.78, 5) is 7.09. The van der Waals surface area contributed by atoms with E-state index in [-0.39, 0.29) is 11.9 Å². The lowest BCUT2D eigenvalue weighted by atomic mass is 10.2. The molecule has 1 aliphatic carbocycles. The summed E-state index contributed by atoms with van der Waals surface area (Å²) in [7, 11) is -3.23. The number of nitrogens with one attached hydrogen (secondary N) is 1. The van der Waals surface area contributed by atoms with Gasteiger partial charge in [0, 0.05) is 0 Å². The highest BCUT2D eigenvalue weighted by Gasteiger charge is 2.35. The van der Waals surface area contributed by atoms with Gasteiger partial charge in [-0.1, -0.05) is 35.2 Å². The van der Waals surface area contributed by atoms with E-state index < -0.39 is 10.0 Å². The second-order valence-corrected chi connectivity index (χ2v) is 5.53. The van der Waals surface area contributed by atoms with Gasteiger partial charge in [0.25, 0.3) is 0 Å². The minimum atomic E-state index is -3.23. The fraction of sp³-hybridized carbons (Fsp3) is 0.400. The molecule has 1 N–H and O–H groups in total. The highest BCUT2D eigenvalue weighted by molar-refractivity contribution is 7.90. The van der Waals surface area contributed by atoms with E-state index in [2.05, 4.69) is 4.89 Å². The predicted octanol–water partition coefficient (Wildman–Crippen LogP) is 1.20. The van der Waals surface area contributed by atoms with Crippen molar-refractivity contribution in [3.8, 4) is 0 Å². The molecule has 0 radical (unpaired) electrons. The van der Waals surface area contributed by atoms with E-state index in [1.165, 1.54) is 0 Å². The molecule has 15 heavy (non-hydrogen) atoms. The molecule has 0 bridgehead atoms. The topological polar surface area (TPSA) is 55.4 Å². The average molecular weight is 227 g/mol. The van der Waals surface area contributed by atoms with Crippen molar-refractivity contribution in [1.82, 2.24) is 4.89 Å². The number of rotatable bonds is 5. The average Bonchev–Trinajstić information content (AvgIpc) is 3.02. The third kappa shape index (κ3) is 3.02. The molecule has 0 heterocycles. The van der Waals surface area contributed by atoms with Crippen molar-refractivity contribution < 1.29 is 13.3 Å². The fourth-order valence-corrected chi connectivity index (χ4v) is 2.33. The Bertz CT molecular complexity index is 412. The van der Waals surface area contributed by atoms with Gasteiger partial charge in [0.05, 0.1) is 11.9 Å². The molecule has 82 valence electrons. The van der Waals surface area contributed by atoms with Gasteiger partial charge in [-0.25, -0.2) is 8.42 Å². The van der Waals surface area contributed by atoms with Crippen LogP contribution in [-0.2, 0) is 21.5 Å². The Kier molecular flexibility index (Phi) is 3.04. The largest absolute Gasteiger partial charge is 0.282 e. The molecule has 5 heteroatoms. The summed E-state index contributed by atoms with van der Waals surface area (Å²) in [6, 6.07) is 9.43. The molecule has 4 nitrogen and oxygen atoms in total. The Morgan fingerprint density at radius 3 is 2.53 bits per heavy atom. The quantitative estimate of drug-likeness (QED) is 0.769. The standard InChI is InChI=1S/C10H13NO3S/c12-15(13,10-6-7-10)11-14-8-9-4-2-1-3-5-9/h1-5,10-11H,6-8H2. The third-order valence-electron chi connectivity index (χ3n) is 2.22. The zero-order chi connectivity index (χ0) is 10.7. The van der Waals surface area contributed by atoms with Crippen LogP contribution in [0.2, 0.25) is 0 Å². The molecule has 0 atom stereocenters. The first-order valence-corrected chi connectivity index (χ1v) is 6.39. The number of sulfonamides is 1. The van der Waals surface area contributed by atoms with Crippen molar-refractivity contribution in [3.05, 3.63) is 35.9 Å². The van der Waals surface area contributed by atoms with Crippen LogP contribution < -0.4 is 4.89 Å². The molecule has 1 aromatic rings. The van der Waals surface area contributed by atoms with E-state index in [4.69, 9.17) is 4.84 Å². The summed E-state index contributed by atoms with van der Waals surface area (Å²) >= 11 is 0. The normalized spacial score (nSPS) is 16.5. The van der Waals surface area contributed by atoms with Crippen LogP contribution in [0.3, 0.4) is 0 Å². The molecule has 0 unspecified atom stereocenters. The Morgan fingerprint density at radius 2 is 1.93 bits per heavy atom. The van der Waals surface area contributed by atoms with Gasteiger partial charge in [0.15, 0.2) is 0 Å². The Morgan fingerprint density at radius 1 is 1.27 bits per heavy atom. The van der Waals surface area contributed by atoms with Crippen LogP contribution in [0.4, 0.5) is 0 Å². The fourth-order valence-electron chi connectivity index (χ4n) is 1.22. The van der Waals surface area contributed by atoms with Crippen molar-refractivity contribution in [2.24, 2.45) is 0 Å². The molecular formula is C10H13NO3S. The van der Waals surface area contributed by atoms with Gasteiger partial charge < -0.3 is 0 Å². The molecule has 0 amide bonds. The van der Waals surface area contributed by atoms with E-state index >= 15 is 0 Å². The number of benzene rings is 1. The molecule has 1 aromatic carbocycles. The van der Waals surface area contributed by atoms with Gasteiger partial charge in [0.1, 0.15) is 0 Å². The van der Waals surface area contributed by atoms with Crippen LogP contribution in [0.1, 0.15) is 18.4 Å². The Labute approximate surface area is 89.3 Å². The highest BCUT2D eigenvalue weighted by atomic mass is 32.2.